The van der Waals surface area contributed by atoms with E-state index in [-0.39, 0.29) is 17.2 Å². The number of nitrogens with one attached hydrogen (secondary N) is 1. The van der Waals surface area contributed by atoms with Crippen molar-refractivity contribution in [2.75, 3.05) is 7.11 Å². The lowest BCUT2D eigenvalue weighted by Gasteiger charge is -2.15. The lowest BCUT2D eigenvalue weighted by Crippen LogP contribution is -2.24. The van der Waals surface area contributed by atoms with Gasteiger partial charge in [-0.25, -0.2) is 4.39 Å². The summed E-state index contributed by atoms with van der Waals surface area (Å²) in [7, 11) is 1.39. The molecule has 6 heteroatoms. The molecule has 1 aromatic heterocycles. The molecule has 0 unspecified atom stereocenters. The summed E-state index contributed by atoms with van der Waals surface area (Å²) in [5.41, 5.74) is 2.49. The molecule has 1 aliphatic rings. The topological polar surface area (TPSA) is 56.1 Å². The molecule has 0 radical (unpaired) electrons. The van der Waals surface area contributed by atoms with Crippen molar-refractivity contribution >= 4 is 5.91 Å². The minimum absolute atomic E-state index is 0.127. The van der Waals surface area contributed by atoms with Crippen molar-refractivity contribution in [1.82, 2.24) is 15.1 Å². The van der Waals surface area contributed by atoms with Gasteiger partial charge in [0, 0.05) is 29.9 Å². The van der Waals surface area contributed by atoms with Gasteiger partial charge in [-0.05, 0) is 37.5 Å². The zero-order chi connectivity index (χ0) is 15.5. The minimum atomic E-state index is -0.543. The molecule has 22 heavy (non-hydrogen) atoms. The number of aryl methyl sites for hydroxylation is 1. The quantitative estimate of drug-likeness (QED) is 0.943. The summed E-state index contributed by atoms with van der Waals surface area (Å²) < 4.78 is 20.5. The summed E-state index contributed by atoms with van der Waals surface area (Å²) >= 11 is 0. The Hall–Kier alpha value is -2.37. The van der Waals surface area contributed by atoms with E-state index >= 15 is 0 Å². The van der Waals surface area contributed by atoms with Gasteiger partial charge in [0.05, 0.1) is 13.3 Å². The van der Waals surface area contributed by atoms with Crippen LogP contribution < -0.4 is 10.1 Å². The highest BCUT2D eigenvalue weighted by Crippen LogP contribution is 2.19. The van der Waals surface area contributed by atoms with Crippen molar-refractivity contribution in [2.24, 2.45) is 0 Å². The van der Waals surface area contributed by atoms with Crippen LogP contribution in [0.5, 0.6) is 5.75 Å². The molecule has 0 saturated heterocycles. The zero-order valence-electron chi connectivity index (χ0n) is 12.4. The Bertz CT molecular complexity index is 697. The van der Waals surface area contributed by atoms with Gasteiger partial charge in [0.15, 0.2) is 11.6 Å². The SMILES string of the molecule is COc1ccc(C(=O)NCc2cnn3c2CCCC3)cc1F. The number of aromatic nitrogens is 2. The van der Waals surface area contributed by atoms with E-state index < -0.39 is 5.82 Å². The second kappa shape index (κ2) is 6.17. The summed E-state index contributed by atoms with van der Waals surface area (Å²) in [4.78, 5) is 12.1. The highest BCUT2D eigenvalue weighted by Gasteiger charge is 2.16. The smallest absolute Gasteiger partial charge is 0.251 e. The Morgan fingerprint density at radius 2 is 2.32 bits per heavy atom. The Morgan fingerprint density at radius 3 is 3.09 bits per heavy atom. The maximum atomic E-state index is 13.6. The van der Waals surface area contributed by atoms with Crippen LogP contribution in [0.3, 0.4) is 0 Å². The molecule has 1 N–H and O–H groups in total. The first-order valence-corrected chi connectivity index (χ1v) is 7.34. The fourth-order valence-corrected chi connectivity index (χ4v) is 2.72. The van der Waals surface area contributed by atoms with E-state index in [2.05, 4.69) is 10.4 Å². The molecule has 5 nitrogen and oxygen atoms in total. The van der Waals surface area contributed by atoms with Gasteiger partial charge in [0.25, 0.3) is 5.91 Å². The normalized spacial score (nSPS) is 13.5. The number of ether oxygens (including phenoxy) is 1. The molecule has 0 aliphatic carbocycles. The van der Waals surface area contributed by atoms with Crippen LogP contribution >= 0.6 is 0 Å². The molecule has 0 fully saturated rings. The molecule has 1 aliphatic heterocycles. The number of carbonyl (C=O) groups excluding carboxylic acids is 1. The van der Waals surface area contributed by atoms with E-state index in [1.807, 2.05) is 4.68 Å². The summed E-state index contributed by atoms with van der Waals surface area (Å²) in [5.74, 6) is -0.724. The second-order valence-electron chi connectivity index (χ2n) is 5.33. The van der Waals surface area contributed by atoms with Gasteiger partial charge in [-0.15, -0.1) is 0 Å². The lowest BCUT2D eigenvalue weighted by atomic mass is 10.1. The lowest BCUT2D eigenvalue weighted by molar-refractivity contribution is 0.0950. The minimum Gasteiger partial charge on any atom is -0.494 e. The predicted octanol–water partition coefficient (Wildman–Crippen LogP) is 2.30. The number of rotatable bonds is 4. The van der Waals surface area contributed by atoms with E-state index in [1.165, 1.54) is 24.9 Å². The van der Waals surface area contributed by atoms with Crippen LogP contribution in [-0.2, 0) is 19.5 Å². The number of hydrogen-bond donors (Lipinski definition) is 1. The monoisotopic (exact) mass is 303 g/mol. The van der Waals surface area contributed by atoms with Crippen LogP contribution in [0.2, 0.25) is 0 Å². The zero-order valence-corrected chi connectivity index (χ0v) is 12.4. The third-order valence-electron chi connectivity index (χ3n) is 3.92. The van der Waals surface area contributed by atoms with E-state index in [0.29, 0.717) is 6.54 Å². The maximum Gasteiger partial charge on any atom is 0.251 e. The molecular weight excluding hydrogens is 285 g/mol. The first-order valence-electron chi connectivity index (χ1n) is 7.34. The highest BCUT2D eigenvalue weighted by atomic mass is 19.1. The van der Waals surface area contributed by atoms with Crippen LogP contribution in [0.1, 0.15) is 34.5 Å². The average molecular weight is 303 g/mol. The van der Waals surface area contributed by atoms with Crippen LogP contribution in [0.4, 0.5) is 4.39 Å². The fraction of sp³-hybridized carbons (Fsp3) is 0.375. The number of nitrogens with zero attached hydrogens (tertiary/aromatic N) is 2. The van der Waals surface area contributed by atoms with Gasteiger partial charge < -0.3 is 10.1 Å². The number of benzene rings is 1. The Kier molecular flexibility index (Phi) is 4.09. The molecule has 3 rings (SSSR count). The van der Waals surface area contributed by atoms with Crippen molar-refractivity contribution in [1.29, 1.82) is 0 Å². The third-order valence-corrected chi connectivity index (χ3v) is 3.92. The van der Waals surface area contributed by atoms with Gasteiger partial charge in [-0.2, -0.15) is 5.10 Å². The highest BCUT2D eigenvalue weighted by molar-refractivity contribution is 5.94. The van der Waals surface area contributed by atoms with E-state index in [9.17, 15) is 9.18 Å². The molecular formula is C16H18FN3O2. The molecule has 2 heterocycles. The summed E-state index contributed by atoms with van der Waals surface area (Å²) in [6, 6.07) is 4.18. The average Bonchev–Trinajstić information content (AvgIpc) is 2.95. The van der Waals surface area contributed by atoms with Crippen molar-refractivity contribution in [3.63, 3.8) is 0 Å². The second-order valence-corrected chi connectivity index (χ2v) is 5.33. The van der Waals surface area contributed by atoms with Crippen LogP contribution in [0.25, 0.3) is 0 Å². The molecule has 0 atom stereocenters. The van der Waals surface area contributed by atoms with Crippen molar-refractivity contribution in [3.05, 3.63) is 47.0 Å². The Balaban J connectivity index is 1.67. The number of carbonyl (C=O) groups is 1. The molecule has 0 spiro atoms. The molecule has 0 saturated carbocycles. The van der Waals surface area contributed by atoms with Gasteiger partial charge in [-0.3, -0.25) is 9.48 Å². The number of methoxy groups -OCH3 is 1. The largest absolute Gasteiger partial charge is 0.494 e. The van der Waals surface area contributed by atoms with Crippen LogP contribution in [0, 0.1) is 5.82 Å². The summed E-state index contributed by atoms with van der Waals surface area (Å²) in [6.07, 6.45) is 5.08. The summed E-state index contributed by atoms with van der Waals surface area (Å²) in [6.45, 7) is 1.34. The van der Waals surface area contributed by atoms with E-state index in [4.69, 9.17) is 4.74 Å². The van der Waals surface area contributed by atoms with Gasteiger partial charge in [0.1, 0.15) is 0 Å². The van der Waals surface area contributed by atoms with E-state index in [0.717, 1.165) is 31.4 Å². The van der Waals surface area contributed by atoms with Crippen molar-refractivity contribution < 1.29 is 13.9 Å². The summed E-state index contributed by atoms with van der Waals surface area (Å²) in [5, 5.41) is 7.15. The molecule has 1 amide bonds. The number of fused-ring (bicyclic) bond motifs is 1. The predicted molar refractivity (Wildman–Crippen MR) is 79.3 cm³/mol. The molecule has 2 aromatic rings. The van der Waals surface area contributed by atoms with E-state index in [1.54, 1.807) is 12.3 Å². The van der Waals surface area contributed by atoms with Crippen LogP contribution in [-0.4, -0.2) is 22.8 Å². The number of halogens is 1. The molecule has 116 valence electrons. The van der Waals surface area contributed by atoms with Gasteiger partial charge in [-0.1, -0.05) is 0 Å². The first-order chi connectivity index (χ1) is 10.7. The van der Waals surface area contributed by atoms with Crippen molar-refractivity contribution in [3.8, 4) is 5.75 Å². The molecule has 0 bridgehead atoms. The molecule has 1 aromatic carbocycles. The fourth-order valence-electron chi connectivity index (χ4n) is 2.72. The number of hydrogen-bond acceptors (Lipinski definition) is 3. The third kappa shape index (κ3) is 2.81. The Labute approximate surface area is 128 Å². The number of amides is 1. The van der Waals surface area contributed by atoms with Gasteiger partial charge >= 0.3 is 0 Å². The Morgan fingerprint density at radius 1 is 1.45 bits per heavy atom. The van der Waals surface area contributed by atoms with Crippen molar-refractivity contribution in [2.45, 2.75) is 32.4 Å². The maximum absolute atomic E-state index is 13.6. The standard InChI is InChI=1S/C16H18FN3O2/c1-22-15-6-5-11(8-13(15)17)16(21)18-9-12-10-19-20-7-3-2-4-14(12)20/h5-6,8,10H,2-4,7,9H2,1H3,(H,18,21). The first kappa shape index (κ1) is 14.6. The van der Waals surface area contributed by atoms with Crippen LogP contribution in [0.15, 0.2) is 24.4 Å². The van der Waals surface area contributed by atoms with Gasteiger partial charge in [0.2, 0.25) is 0 Å².